The van der Waals surface area contributed by atoms with E-state index in [0.29, 0.717) is 17.7 Å². The quantitative estimate of drug-likeness (QED) is 0.908. The summed E-state index contributed by atoms with van der Waals surface area (Å²) in [6.45, 7) is 1.34. The Hall–Kier alpha value is -2.35. The van der Waals surface area contributed by atoms with Gasteiger partial charge in [-0.2, -0.15) is 5.26 Å². The molecule has 1 saturated carbocycles. The first kappa shape index (κ1) is 13.6. The van der Waals surface area contributed by atoms with Crippen molar-refractivity contribution in [1.82, 2.24) is 10.2 Å². The number of hydrogen-bond acceptors (Lipinski definition) is 3. The second-order valence-corrected chi connectivity index (χ2v) is 5.71. The van der Waals surface area contributed by atoms with Gasteiger partial charge < -0.3 is 10.2 Å². The highest BCUT2D eigenvalue weighted by atomic mass is 16.2. The minimum atomic E-state index is -0.148. The van der Waals surface area contributed by atoms with Crippen LogP contribution in [0.1, 0.15) is 35.2 Å². The maximum Gasteiger partial charge on any atom is 0.251 e. The van der Waals surface area contributed by atoms with Crippen LogP contribution in [-0.2, 0) is 4.79 Å². The molecule has 0 unspecified atom stereocenters. The van der Waals surface area contributed by atoms with E-state index in [2.05, 4.69) is 5.32 Å². The van der Waals surface area contributed by atoms with Crippen molar-refractivity contribution in [2.45, 2.75) is 25.3 Å². The lowest BCUT2D eigenvalue weighted by Crippen LogP contribution is -2.38. The van der Waals surface area contributed by atoms with Crippen LogP contribution >= 0.6 is 0 Å². The molecule has 5 heteroatoms. The standard InChI is InChI=1S/C16H17N3O2/c17-9-11-1-3-12(4-2-11)15(20)18-14-7-8-19(10-14)16(21)13-5-6-13/h1-4,13-14H,5-8,10H2,(H,18,20)/t14-/m0/s1. The van der Waals surface area contributed by atoms with E-state index in [0.717, 1.165) is 25.8 Å². The van der Waals surface area contributed by atoms with Crippen LogP contribution in [0.5, 0.6) is 0 Å². The highest BCUT2D eigenvalue weighted by Crippen LogP contribution is 2.32. The molecular weight excluding hydrogens is 266 g/mol. The number of nitrogens with zero attached hydrogens (tertiary/aromatic N) is 2. The van der Waals surface area contributed by atoms with Gasteiger partial charge in [-0.1, -0.05) is 0 Å². The summed E-state index contributed by atoms with van der Waals surface area (Å²) in [5.41, 5.74) is 1.08. The lowest BCUT2D eigenvalue weighted by molar-refractivity contribution is -0.131. The van der Waals surface area contributed by atoms with Crippen molar-refractivity contribution >= 4 is 11.8 Å². The molecule has 1 aliphatic heterocycles. The van der Waals surface area contributed by atoms with Gasteiger partial charge in [0.2, 0.25) is 5.91 Å². The molecule has 1 aromatic rings. The SMILES string of the molecule is N#Cc1ccc(C(=O)N[C@H]2CCN(C(=O)C3CC3)C2)cc1. The number of likely N-dealkylation sites (tertiary alicyclic amines) is 1. The Labute approximate surface area is 123 Å². The number of hydrogen-bond donors (Lipinski definition) is 1. The molecule has 0 spiro atoms. The second-order valence-electron chi connectivity index (χ2n) is 5.71. The minimum Gasteiger partial charge on any atom is -0.347 e. The van der Waals surface area contributed by atoms with Crippen molar-refractivity contribution in [1.29, 1.82) is 5.26 Å². The zero-order valence-electron chi connectivity index (χ0n) is 11.7. The first-order valence-corrected chi connectivity index (χ1v) is 7.27. The lowest BCUT2D eigenvalue weighted by Gasteiger charge is -2.17. The van der Waals surface area contributed by atoms with E-state index in [-0.39, 0.29) is 23.8 Å². The average molecular weight is 283 g/mol. The number of amides is 2. The number of carbonyl (C=O) groups excluding carboxylic acids is 2. The van der Waals surface area contributed by atoms with Crippen LogP contribution < -0.4 is 5.32 Å². The number of nitriles is 1. The van der Waals surface area contributed by atoms with Crippen molar-refractivity contribution in [2.24, 2.45) is 5.92 Å². The van der Waals surface area contributed by atoms with E-state index in [1.165, 1.54) is 0 Å². The van der Waals surface area contributed by atoms with Gasteiger partial charge in [0, 0.05) is 30.6 Å². The topological polar surface area (TPSA) is 73.2 Å². The van der Waals surface area contributed by atoms with Gasteiger partial charge in [0.1, 0.15) is 0 Å². The monoisotopic (exact) mass is 283 g/mol. The summed E-state index contributed by atoms with van der Waals surface area (Å²) in [5, 5.41) is 11.7. The summed E-state index contributed by atoms with van der Waals surface area (Å²) in [7, 11) is 0. The predicted octanol–water partition coefficient (Wildman–Crippen LogP) is 1.30. The molecule has 108 valence electrons. The highest BCUT2D eigenvalue weighted by molar-refractivity contribution is 5.94. The molecule has 3 rings (SSSR count). The molecule has 21 heavy (non-hydrogen) atoms. The Kier molecular flexibility index (Phi) is 3.61. The van der Waals surface area contributed by atoms with Gasteiger partial charge in [0.25, 0.3) is 5.91 Å². The van der Waals surface area contributed by atoms with E-state index in [9.17, 15) is 9.59 Å². The van der Waals surface area contributed by atoms with Crippen molar-refractivity contribution in [3.63, 3.8) is 0 Å². The molecular formula is C16H17N3O2. The van der Waals surface area contributed by atoms with Gasteiger partial charge in [0.15, 0.2) is 0 Å². The van der Waals surface area contributed by atoms with Crippen LogP contribution in [0, 0.1) is 17.2 Å². The molecule has 1 aliphatic carbocycles. The van der Waals surface area contributed by atoms with Crippen LogP contribution in [0.2, 0.25) is 0 Å². The summed E-state index contributed by atoms with van der Waals surface area (Å²) in [4.78, 5) is 26.0. The molecule has 0 aromatic heterocycles. The zero-order valence-corrected chi connectivity index (χ0v) is 11.7. The average Bonchev–Trinajstić information content (AvgIpc) is 3.26. The van der Waals surface area contributed by atoms with Gasteiger partial charge in [0.05, 0.1) is 11.6 Å². The molecule has 2 amide bonds. The Morgan fingerprint density at radius 2 is 1.90 bits per heavy atom. The van der Waals surface area contributed by atoms with Crippen LogP contribution in [0.3, 0.4) is 0 Å². The number of benzene rings is 1. The smallest absolute Gasteiger partial charge is 0.251 e. The predicted molar refractivity (Wildman–Crippen MR) is 76.3 cm³/mol. The summed E-state index contributed by atoms with van der Waals surface area (Å²) < 4.78 is 0. The van der Waals surface area contributed by atoms with E-state index in [1.54, 1.807) is 24.3 Å². The summed E-state index contributed by atoms with van der Waals surface area (Å²) >= 11 is 0. The van der Waals surface area contributed by atoms with Crippen molar-refractivity contribution < 1.29 is 9.59 Å². The molecule has 2 fully saturated rings. The van der Waals surface area contributed by atoms with E-state index in [4.69, 9.17) is 5.26 Å². The van der Waals surface area contributed by atoms with Crippen molar-refractivity contribution in [3.8, 4) is 6.07 Å². The molecule has 0 bridgehead atoms. The van der Waals surface area contributed by atoms with Gasteiger partial charge in [-0.15, -0.1) is 0 Å². The maximum atomic E-state index is 12.1. The van der Waals surface area contributed by atoms with E-state index in [1.807, 2.05) is 11.0 Å². The zero-order chi connectivity index (χ0) is 14.8. The third-order valence-corrected chi connectivity index (χ3v) is 4.04. The summed E-state index contributed by atoms with van der Waals surface area (Å²) in [6, 6.07) is 8.61. The Morgan fingerprint density at radius 1 is 1.19 bits per heavy atom. The normalized spacial score (nSPS) is 20.9. The van der Waals surface area contributed by atoms with Crippen molar-refractivity contribution in [2.75, 3.05) is 13.1 Å². The van der Waals surface area contributed by atoms with Crippen LogP contribution in [-0.4, -0.2) is 35.8 Å². The first-order chi connectivity index (χ1) is 10.2. The molecule has 1 atom stereocenters. The Morgan fingerprint density at radius 3 is 2.52 bits per heavy atom. The Balaban J connectivity index is 1.55. The van der Waals surface area contributed by atoms with Gasteiger partial charge >= 0.3 is 0 Å². The molecule has 1 heterocycles. The Bertz CT molecular complexity index is 599. The highest BCUT2D eigenvalue weighted by Gasteiger charge is 2.36. The summed E-state index contributed by atoms with van der Waals surface area (Å²) in [5.74, 6) is 0.327. The van der Waals surface area contributed by atoms with Gasteiger partial charge in [-0.3, -0.25) is 9.59 Å². The van der Waals surface area contributed by atoms with Crippen LogP contribution in [0.15, 0.2) is 24.3 Å². The van der Waals surface area contributed by atoms with Gasteiger partial charge in [-0.25, -0.2) is 0 Å². The van der Waals surface area contributed by atoms with Crippen molar-refractivity contribution in [3.05, 3.63) is 35.4 Å². The minimum absolute atomic E-state index is 0.0239. The fourth-order valence-electron chi connectivity index (χ4n) is 2.63. The molecule has 1 aromatic carbocycles. The van der Waals surface area contributed by atoms with Crippen LogP contribution in [0.4, 0.5) is 0 Å². The van der Waals surface area contributed by atoms with Crippen LogP contribution in [0.25, 0.3) is 0 Å². The third-order valence-electron chi connectivity index (χ3n) is 4.04. The number of carbonyl (C=O) groups is 2. The maximum absolute atomic E-state index is 12.1. The second kappa shape index (κ2) is 5.57. The van der Waals surface area contributed by atoms with Gasteiger partial charge in [-0.05, 0) is 43.5 Å². The number of rotatable bonds is 3. The molecule has 1 N–H and O–H groups in total. The van der Waals surface area contributed by atoms with E-state index >= 15 is 0 Å². The third kappa shape index (κ3) is 3.05. The molecule has 1 saturated heterocycles. The fourth-order valence-corrected chi connectivity index (χ4v) is 2.63. The number of nitrogens with one attached hydrogen (secondary N) is 1. The molecule has 2 aliphatic rings. The molecule has 0 radical (unpaired) electrons. The molecule has 5 nitrogen and oxygen atoms in total. The largest absolute Gasteiger partial charge is 0.347 e. The first-order valence-electron chi connectivity index (χ1n) is 7.27. The fraction of sp³-hybridized carbons (Fsp3) is 0.438. The van der Waals surface area contributed by atoms with E-state index < -0.39 is 0 Å². The lowest BCUT2D eigenvalue weighted by atomic mass is 10.1. The summed E-state index contributed by atoms with van der Waals surface area (Å²) in [6.07, 6.45) is 2.83.